The molecule has 1 aromatic heterocycles. The van der Waals surface area contributed by atoms with Crippen LogP contribution < -0.4 is 5.32 Å². The third-order valence-corrected chi connectivity index (χ3v) is 5.53. The zero-order valence-corrected chi connectivity index (χ0v) is 13.4. The molecule has 0 saturated heterocycles. The SMILES string of the molecule is CC1CCC(CO)(NC(=O)c2csc(I)c2)CC1. The molecule has 1 aliphatic carbocycles. The predicted molar refractivity (Wildman–Crippen MR) is 82.0 cm³/mol. The van der Waals surface area contributed by atoms with E-state index < -0.39 is 5.54 Å². The Balaban J connectivity index is 2.04. The highest BCUT2D eigenvalue weighted by Gasteiger charge is 2.35. The van der Waals surface area contributed by atoms with Crippen molar-refractivity contribution in [1.29, 1.82) is 0 Å². The maximum absolute atomic E-state index is 12.2. The van der Waals surface area contributed by atoms with Crippen molar-refractivity contribution >= 4 is 39.8 Å². The van der Waals surface area contributed by atoms with Crippen LogP contribution in [0.2, 0.25) is 0 Å². The van der Waals surface area contributed by atoms with Crippen LogP contribution in [0, 0.1) is 8.80 Å². The summed E-state index contributed by atoms with van der Waals surface area (Å²) >= 11 is 3.77. The molecule has 1 saturated carbocycles. The molecule has 1 heterocycles. The minimum absolute atomic E-state index is 0.0344. The Morgan fingerprint density at radius 3 is 2.78 bits per heavy atom. The Labute approximate surface area is 125 Å². The molecule has 2 rings (SSSR count). The molecule has 0 atom stereocenters. The minimum atomic E-state index is -0.406. The largest absolute Gasteiger partial charge is 0.394 e. The number of rotatable bonds is 3. The van der Waals surface area contributed by atoms with Gasteiger partial charge in [0.1, 0.15) is 0 Å². The second kappa shape index (κ2) is 5.88. The first-order chi connectivity index (χ1) is 8.54. The molecule has 1 amide bonds. The molecule has 0 spiro atoms. The first kappa shape index (κ1) is 14.3. The lowest BCUT2D eigenvalue weighted by Gasteiger charge is -2.38. The van der Waals surface area contributed by atoms with Crippen molar-refractivity contribution in [3.8, 4) is 0 Å². The third kappa shape index (κ3) is 3.24. The summed E-state index contributed by atoms with van der Waals surface area (Å²) in [6, 6.07) is 1.89. The molecule has 100 valence electrons. The highest BCUT2D eigenvalue weighted by atomic mass is 127. The number of aliphatic hydroxyl groups is 1. The molecule has 0 aliphatic heterocycles. The quantitative estimate of drug-likeness (QED) is 0.794. The van der Waals surface area contributed by atoms with Gasteiger partial charge in [-0.2, -0.15) is 0 Å². The smallest absolute Gasteiger partial charge is 0.252 e. The molecular weight excluding hydrogens is 361 g/mol. The Kier molecular flexibility index (Phi) is 4.66. The Morgan fingerprint density at radius 1 is 1.61 bits per heavy atom. The van der Waals surface area contributed by atoms with Crippen LogP contribution >= 0.6 is 33.9 Å². The molecule has 18 heavy (non-hydrogen) atoms. The summed E-state index contributed by atoms with van der Waals surface area (Å²) in [4.78, 5) is 12.2. The molecule has 1 fully saturated rings. The van der Waals surface area contributed by atoms with E-state index in [1.807, 2.05) is 11.4 Å². The van der Waals surface area contributed by atoms with Gasteiger partial charge in [0.2, 0.25) is 0 Å². The van der Waals surface area contributed by atoms with Crippen LogP contribution in [0.3, 0.4) is 0 Å². The summed E-state index contributed by atoms with van der Waals surface area (Å²) in [6.07, 6.45) is 3.89. The monoisotopic (exact) mass is 379 g/mol. The van der Waals surface area contributed by atoms with Gasteiger partial charge in [0.05, 0.1) is 20.6 Å². The molecule has 0 radical (unpaired) electrons. The van der Waals surface area contributed by atoms with Crippen molar-refractivity contribution in [2.75, 3.05) is 6.61 Å². The van der Waals surface area contributed by atoms with Gasteiger partial charge in [0.25, 0.3) is 5.91 Å². The van der Waals surface area contributed by atoms with Crippen molar-refractivity contribution < 1.29 is 9.90 Å². The summed E-state index contributed by atoms with van der Waals surface area (Å²) in [5, 5.41) is 14.5. The van der Waals surface area contributed by atoms with E-state index in [0.717, 1.165) is 28.6 Å². The van der Waals surface area contributed by atoms with Gasteiger partial charge >= 0.3 is 0 Å². The van der Waals surface area contributed by atoms with E-state index in [0.29, 0.717) is 11.5 Å². The Hall–Kier alpha value is -0.140. The fourth-order valence-electron chi connectivity index (χ4n) is 2.38. The van der Waals surface area contributed by atoms with Crippen LogP contribution in [0.25, 0.3) is 0 Å². The summed E-state index contributed by atoms with van der Waals surface area (Å²) in [5.41, 5.74) is 0.299. The molecule has 0 unspecified atom stereocenters. The number of amides is 1. The number of halogens is 1. The van der Waals surface area contributed by atoms with Crippen LogP contribution in [0.1, 0.15) is 43.0 Å². The molecule has 1 aliphatic rings. The van der Waals surface area contributed by atoms with Gasteiger partial charge in [-0.1, -0.05) is 6.92 Å². The minimum Gasteiger partial charge on any atom is -0.394 e. The first-order valence-electron chi connectivity index (χ1n) is 6.22. The van der Waals surface area contributed by atoms with E-state index in [1.165, 1.54) is 0 Å². The average molecular weight is 379 g/mol. The molecule has 5 heteroatoms. The number of thiophene rings is 1. The lowest BCUT2D eigenvalue weighted by atomic mass is 9.77. The average Bonchev–Trinajstić information content (AvgIpc) is 2.79. The number of carbonyl (C=O) groups is 1. The highest BCUT2D eigenvalue weighted by molar-refractivity contribution is 14.1. The van der Waals surface area contributed by atoms with E-state index in [1.54, 1.807) is 11.3 Å². The van der Waals surface area contributed by atoms with Crippen LogP contribution in [0.5, 0.6) is 0 Å². The summed E-state index contributed by atoms with van der Waals surface area (Å²) in [5.74, 6) is 0.640. The highest BCUT2D eigenvalue weighted by Crippen LogP contribution is 2.32. The van der Waals surface area contributed by atoms with Crippen molar-refractivity contribution in [3.63, 3.8) is 0 Å². The van der Waals surface area contributed by atoms with Gasteiger partial charge in [0, 0.05) is 5.38 Å². The maximum atomic E-state index is 12.2. The standard InChI is InChI=1S/C13H18INO2S/c1-9-2-4-13(8-16,5-3-9)15-12(17)10-6-11(14)18-7-10/h6-7,9,16H,2-5,8H2,1H3,(H,15,17). The maximum Gasteiger partial charge on any atom is 0.252 e. The molecule has 0 bridgehead atoms. The fourth-order valence-corrected chi connectivity index (χ4v) is 3.71. The lowest BCUT2D eigenvalue weighted by molar-refractivity contribution is 0.0717. The molecule has 0 aromatic carbocycles. The van der Waals surface area contributed by atoms with Crippen molar-refractivity contribution in [2.24, 2.45) is 5.92 Å². The second-order valence-corrected chi connectivity index (χ2v) is 8.02. The van der Waals surface area contributed by atoms with Crippen LogP contribution in [-0.4, -0.2) is 23.2 Å². The fraction of sp³-hybridized carbons (Fsp3) is 0.615. The van der Waals surface area contributed by atoms with Crippen LogP contribution in [-0.2, 0) is 0 Å². The number of hydrogen-bond donors (Lipinski definition) is 2. The third-order valence-electron chi connectivity index (χ3n) is 3.74. The number of aliphatic hydroxyl groups excluding tert-OH is 1. The van der Waals surface area contributed by atoms with Crippen molar-refractivity contribution in [3.05, 3.63) is 19.9 Å². The normalized spacial score (nSPS) is 28.1. The summed E-state index contributed by atoms with van der Waals surface area (Å²) in [7, 11) is 0. The van der Waals surface area contributed by atoms with E-state index in [9.17, 15) is 9.90 Å². The van der Waals surface area contributed by atoms with Gasteiger partial charge < -0.3 is 10.4 Å². The van der Waals surface area contributed by atoms with E-state index in [4.69, 9.17) is 0 Å². The molecule has 2 N–H and O–H groups in total. The van der Waals surface area contributed by atoms with Gasteiger partial charge in [-0.05, 0) is 60.3 Å². The summed E-state index contributed by atoms with van der Waals surface area (Å²) < 4.78 is 1.10. The first-order valence-corrected chi connectivity index (χ1v) is 8.18. The van der Waals surface area contributed by atoms with Crippen molar-refractivity contribution in [2.45, 2.75) is 38.1 Å². The molecule has 3 nitrogen and oxygen atoms in total. The second-order valence-electron chi connectivity index (χ2n) is 5.21. The lowest BCUT2D eigenvalue weighted by Crippen LogP contribution is -2.53. The number of hydrogen-bond acceptors (Lipinski definition) is 3. The van der Waals surface area contributed by atoms with Gasteiger partial charge in [0.15, 0.2) is 0 Å². The molecular formula is C13H18INO2S. The van der Waals surface area contributed by atoms with Gasteiger partial charge in [-0.25, -0.2) is 0 Å². The van der Waals surface area contributed by atoms with E-state index in [-0.39, 0.29) is 12.5 Å². The zero-order valence-electron chi connectivity index (χ0n) is 10.4. The Bertz CT molecular complexity index is 424. The number of nitrogens with one attached hydrogen (secondary N) is 1. The Morgan fingerprint density at radius 2 is 2.28 bits per heavy atom. The predicted octanol–water partition coefficient (Wildman–Crippen LogP) is 3.02. The van der Waals surface area contributed by atoms with Crippen LogP contribution in [0.15, 0.2) is 11.4 Å². The van der Waals surface area contributed by atoms with E-state index in [2.05, 4.69) is 34.8 Å². The van der Waals surface area contributed by atoms with Gasteiger partial charge in [-0.3, -0.25) is 4.79 Å². The summed E-state index contributed by atoms with van der Waals surface area (Å²) in [6.45, 7) is 2.26. The molecule has 1 aromatic rings. The van der Waals surface area contributed by atoms with E-state index >= 15 is 0 Å². The zero-order chi connectivity index (χ0) is 13.2. The van der Waals surface area contributed by atoms with Gasteiger partial charge in [-0.15, -0.1) is 11.3 Å². The topological polar surface area (TPSA) is 49.3 Å². The van der Waals surface area contributed by atoms with Crippen LogP contribution in [0.4, 0.5) is 0 Å². The number of carbonyl (C=O) groups excluding carboxylic acids is 1. The van der Waals surface area contributed by atoms with Crippen molar-refractivity contribution in [1.82, 2.24) is 5.32 Å².